The van der Waals surface area contributed by atoms with Gasteiger partial charge in [0.2, 0.25) is 0 Å². The summed E-state index contributed by atoms with van der Waals surface area (Å²) in [5.41, 5.74) is 5.83. The zero-order valence-electron chi connectivity index (χ0n) is 8.05. The third kappa shape index (κ3) is 3.09. The molecule has 0 aromatic heterocycles. The van der Waals surface area contributed by atoms with Crippen molar-refractivity contribution in [2.45, 2.75) is 19.9 Å². The molecule has 0 aromatic rings. The quantitative estimate of drug-likeness (QED) is 0.637. The summed E-state index contributed by atoms with van der Waals surface area (Å²) in [6.07, 6.45) is 0. The van der Waals surface area contributed by atoms with Gasteiger partial charge in [-0.15, -0.1) is 0 Å². The summed E-state index contributed by atoms with van der Waals surface area (Å²) in [5, 5.41) is 3.40. The Morgan fingerprint density at radius 3 is 2.75 bits per heavy atom. The van der Waals surface area contributed by atoms with Crippen LogP contribution in [0, 0.1) is 11.8 Å². The first-order chi connectivity index (χ1) is 5.70. The summed E-state index contributed by atoms with van der Waals surface area (Å²) in [6.45, 7) is 8.04. The summed E-state index contributed by atoms with van der Waals surface area (Å²) in [4.78, 5) is 0. The van der Waals surface area contributed by atoms with Crippen LogP contribution < -0.4 is 11.1 Å². The molecule has 1 aliphatic heterocycles. The maximum Gasteiger partial charge on any atom is 0.0621 e. The normalized spacial score (nSPS) is 30.0. The van der Waals surface area contributed by atoms with Gasteiger partial charge in [0.15, 0.2) is 0 Å². The third-order valence-electron chi connectivity index (χ3n) is 2.21. The molecular weight excluding hydrogens is 152 g/mol. The maximum atomic E-state index is 5.83. The van der Waals surface area contributed by atoms with Crippen molar-refractivity contribution in [3.8, 4) is 0 Å². The average molecular weight is 172 g/mol. The van der Waals surface area contributed by atoms with E-state index in [0.717, 1.165) is 26.3 Å². The average Bonchev–Trinajstić information content (AvgIpc) is 2.36. The van der Waals surface area contributed by atoms with Crippen LogP contribution in [0.25, 0.3) is 0 Å². The minimum atomic E-state index is 0.240. The molecule has 1 heterocycles. The molecule has 2 unspecified atom stereocenters. The van der Waals surface area contributed by atoms with Crippen molar-refractivity contribution < 1.29 is 4.74 Å². The van der Waals surface area contributed by atoms with Gasteiger partial charge >= 0.3 is 0 Å². The highest BCUT2D eigenvalue weighted by atomic mass is 16.5. The molecule has 1 rings (SSSR count). The molecule has 0 spiro atoms. The van der Waals surface area contributed by atoms with Crippen molar-refractivity contribution in [3.05, 3.63) is 0 Å². The van der Waals surface area contributed by atoms with E-state index >= 15 is 0 Å². The number of rotatable bonds is 4. The van der Waals surface area contributed by atoms with Crippen LogP contribution in [-0.2, 0) is 4.74 Å². The lowest BCUT2D eigenvalue weighted by Crippen LogP contribution is -2.37. The highest BCUT2D eigenvalue weighted by Gasteiger charge is 2.23. The molecule has 2 atom stereocenters. The van der Waals surface area contributed by atoms with Crippen LogP contribution in [0.2, 0.25) is 0 Å². The fourth-order valence-electron chi connectivity index (χ4n) is 1.38. The van der Waals surface area contributed by atoms with Gasteiger partial charge in [0.05, 0.1) is 13.2 Å². The second-order valence-corrected chi connectivity index (χ2v) is 4.01. The number of hydrogen-bond donors (Lipinski definition) is 2. The predicted octanol–water partition coefficient (Wildman–Crippen LogP) is 0.206. The molecule has 3 nitrogen and oxygen atoms in total. The molecule has 72 valence electrons. The van der Waals surface area contributed by atoms with Crippen LogP contribution in [0.4, 0.5) is 0 Å². The van der Waals surface area contributed by atoms with Gasteiger partial charge in [0.1, 0.15) is 0 Å². The van der Waals surface area contributed by atoms with Crippen LogP contribution in [0.3, 0.4) is 0 Å². The van der Waals surface area contributed by atoms with Gasteiger partial charge in [0.25, 0.3) is 0 Å². The number of ether oxygens (including phenoxy) is 1. The zero-order chi connectivity index (χ0) is 8.97. The summed E-state index contributed by atoms with van der Waals surface area (Å²) in [6, 6.07) is 0.240. The molecule has 1 fully saturated rings. The SMILES string of the molecule is CC(C)CNCC1COCC1N. The summed E-state index contributed by atoms with van der Waals surface area (Å²) < 4.78 is 5.26. The van der Waals surface area contributed by atoms with Gasteiger partial charge < -0.3 is 15.8 Å². The molecule has 0 aliphatic carbocycles. The number of hydrogen-bond acceptors (Lipinski definition) is 3. The van der Waals surface area contributed by atoms with E-state index in [1.807, 2.05) is 0 Å². The Kier molecular flexibility index (Phi) is 3.98. The van der Waals surface area contributed by atoms with E-state index in [0.29, 0.717) is 11.8 Å². The molecular formula is C9H20N2O. The van der Waals surface area contributed by atoms with Crippen molar-refractivity contribution in [2.75, 3.05) is 26.3 Å². The zero-order valence-corrected chi connectivity index (χ0v) is 8.05. The van der Waals surface area contributed by atoms with Crippen LogP contribution in [0.5, 0.6) is 0 Å². The second-order valence-electron chi connectivity index (χ2n) is 4.01. The van der Waals surface area contributed by atoms with E-state index in [1.54, 1.807) is 0 Å². The number of nitrogens with two attached hydrogens (primary N) is 1. The minimum absolute atomic E-state index is 0.240. The van der Waals surface area contributed by atoms with Gasteiger partial charge in [-0.25, -0.2) is 0 Å². The third-order valence-corrected chi connectivity index (χ3v) is 2.21. The molecule has 3 N–H and O–H groups in total. The van der Waals surface area contributed by atoms with Gasteiger partial charge in [-0.1, -0.05) is 13.8 Å². The van der Waals surface area contributed by atoms with Gasteiger partial charge in [0, 0.05) is 18.5 Å². The molecule has 0 aromatic carbocycles. The van der Waals surface area contributed by atoms with Crippen LogP contribution in [0.1, 0.15) is 13.8 Å². The summed E-state index contributed by atoms with van der Waals surface area (Å²) >= 11 is 0. The topological polar surface area (TPSA) is 47.3 Å². The highest BCUT2D eigenvalue weighted by Crippen LogP contribution is 2.09. The number of nitrogens with one attached hydrogen (secondary N) is 1. The Morgan fingerprint density at radius 1 is 1.50 bits per heavy atom. The molecule has 3 heteroatoms. The lowest BCUT2D eigenvalue weighted by molar-refractivity contribution is 0.183. The monoisotopic (exact) mass is 172 g/mol. The first-order valence-electron chi connectivity index (χ1n) is 4.74. The lowest BCUT2D eigenvalue weighted by Gasteiger charge is -2.14. The van der Waals surface area contributed by atoms with E-state index < -0.39 is 0 Å². The van der Waals surface area contributed by atoms with Crippen molar-refractivity contribution in [2.24, 2.45) is 17.6 Å². The first-order valence-corrected chi connectivity index (χ1v) is 4.74. The second kappa shape index (κ2) is 4.80. The van der Waals surface area contributed by atoms with Crippen molar-refractivity contribution in [3.63, 3.8) is 0 Å². The first kappa shape index (κ1) is 9.96. The Hall–Kier alpha value is -0.120. The van der Waals surface area contributed by atoms with Crippen LogP contribution in [-0.4, -0.2) is 32.3 Å². The molecule has 1 aliphatic rings. The lowest BCUT2D eigenvalue weighted by atomic mass is 10.0. The highest BCUT2D eigenvalue weighted by molar-refractivity contribution is 4.79. The van der Waals surface area contributed by atoms with Crippen molar-refractivity contribution in [1.29, 1.82) is 0 Å². The van der Waals surface area contributed by atoms with Gasteiger partial charge in [-0.3, -0.25) is 0 Å². The fraction of sp³-hybridized carbons (Fsp3) is 1.00. The summed E-state index contributed by atoms with van der Waals surface area (Å²) in [7, 11) is 0. The van der Waals surface area contributed by atoms with E-state index in [9.17, 15) is 0 Å². The molecule has 0 bridgehead atoms. The Morgan fingerprint density at radius 2 is 2.25 bits per heavy atom. The van der Waals surface area contributed by atoms with Gasteiger partial charge in [-0.2, -0.15) is 0 Å². The standard InChI is InChI=1S/C9H20N2O/c1-7(2)3-11-4-8-5-12-6-9(8)10/h7-9,11H,3-6,10H2,1-2H3. The van der Waals surface area contributed by atoms with E-state index in [1.165, 1.54) is 0 Å². The maximum absolute atomic E-state index is 5.83. The van der Waals surface area contributed by atoms with E-state index in [4.69, 9.17) is 10.5 Å². The predicted molar refractivity (Wildman–Crippen MR) is 50.0 cm³/mol. The smallest absolute Gasteiger partial charge is 0.0621 e. The largest absolute Gasteiger partial charge is 0.379 e. The molecule has 1 saturated heterocycles. The Labute approximate surface area is 74.7 Å². The summed E-state index contributed by atoms with van der Waals surface area (Å²) in [5.74, 6) is 1.23. The molecule has 12 heavy (non-hydrogen) atoms. The Bertz CT molecular complexity index is 128. The fourth-order valence-corrected chi connectivity index (χ4v) is 1.38. The minimum Gasteiger partial charge on any atom is -0.379 e. The molecule has 0 saturated carbocycles. The van der Waals surface area contributed by atoms with Crippen LogP contribution in [0.15, 0.2) is 0 Å². The van der Waals surface area contributed by atoms with Crippen molar-refractivity contribution in [1.82, 2.24) is 5.32 Å². The molecule has 0 radical (unpaired) electrons. The van der Waals surface area contributed by atoms with Gasteiger partial charge in [-0.05, 0) is 12.5 Å². The Balaban J connectivity index is 2.06. The van der Waals surface area contributed by atoms with E-state index in [2.05, 4.69) is 19.2 Å². The van der Waals surface area contributed by atoms with E-state index in [-0.39, 0.29) is 6.04 Å². The molecule has 0 amide bonds. The van der Waals surface area contributed by atoms with Crippen LogP contribution >= 0.6 is 0 Å². The van der Waals surface area contributed by atoms with Crippen molar-refractivity contribution >= 4 is 0 Å².